The number of aliphatic hydroxyl groups is 1. The highest BCUT2D eigenvalue weighted by atomic mass is 32.2. The summed E-state index contributed by atoms with van der Waals surface area (Å²) in [5, 5.41) is 11.5. The molecule has 3 unspecified atom stereocenters. The fraction of sp³-hybridized carbons (Fsp3) is 1.00. The highest BCUT2D eigenvalue weighted by Gasteiger charge is 2.56. The quantitative estimate of drug-likeness (QED) is 0.661. The van der Waals surface area contributed by atoms with Gasteiger partial charge < -0.3 is 9.84 Å². The summed E-state index contributed by atoms with van der Waals surface area (Å²) in [4.78, 5) is 0. The van der Waals surface area contributed by atoms with E-state index in [2.05, 4.69) is 6.92 Å². The highest BCUT2D eigenvalue weighted by molar-refractivity contribution is 7.92. The lowest BCUT2D eigenvalue weighted by atomic mass is 9.60. The molecule has 6 atom stereocenters. The minimum absolute atomic E-state index is 0.0587. The van der Waals surface area contributed by atoms with Crippen LogP contribution in [0.2, 0.25) is 0 Å². The summed E-state index contributed by atoms with van der Waals surface area (Å²) in [6, 6.07) is 0. The largest absolute Gasteiger partial charge is 0.392 e. The molecule has 3 rings (SSSR count). The summed E-state index contributed by atoms with van der Waals surface area (Å²) >= 11 is 0. The van der Waals surface area contributed by atoms with Gasteiger partial charge in [0.1, 0.15) is 6.17 Å². The molecule has 1 saturated heterocycles. The Hall–Kier alpha value is -0.200. The number of rotatable bonds is 6. The molecule has 0 radical (unpaired) electrons. The van der Waals surface area contributed by atoms with Gasteiger partial charge in [-0.05, 0) is 75.5 Å². The molecule has 2 saturated carbocycles. The number of sulfone groups is 1. The van der Waals surface area contributed by atoms with Crippen LogP contribution >= 0.6 is 0 Å². The van der Waals surface area contributed by atoms with Crippen LogP contribution in [0.3, 0.4) is 0 Å². The van der Waals surface area contributed by atoms with E-state index in [0.717, 1.165) is 38.5 Å². The highest BCUT2D eigenvalue weighted by Crippen LogP contribution is 2.53. The fourth-order valence-electron chi connectivity index (χ4n) is 6.75. The zero-order chi connectivity index (χ0) is 21.2. The lowest BCUT2D eigenvalue weighted by Crippen LogP contribution is -2.48. The van der Waals surface area contributed by atoms with Gasteiger partial charge in [0.05, 0.1) is 23.2 Å². The van der Waals surface area contributed by atoms with Gasteiger partial charge in [-0.15, -0.1) is 0 Å². The Kier molecular flexibility index (Phi) is 7.70. The summed E-state index contributed by atoms with van der Waals surface area (Å²) in [6.07, 6.45) is 6.72. The van der Waals surface area contributed by atoms with Crippen molar-refractivity contribution in [1.82, 2.24) is 0 Å². The summed E-state index contributed by atoms with van der Waals surface area (Å²) < 4.78 is 46.7. The second-order valence-corrected chi connectivity index (χ2v) is 12.3. The molecule has 0 spiro atoms. The van der Waals surface area contributed by atoms with Gasteiger partial charge in [-0.25, -0.2) is 12.8 Å². The van der Waals surface area contributed by atoms with Crippen molar-refractivity contribution in [1.29, 1.82) is 0 Å². The zero-order valence-electron chi connectivity index (χ0n) is 18.5. The second kappa shape index (κ2) is 9.52. The van der Waals surface area contributed by atoms with E-state index in [0.29, 0.717) is 32.1 Å². The van der Waals surface area contributed by atoms with Gasteiger partial charge in [0, 0.05) is 12.5 Å². The van der Waals surface area contributed by atoms with Crippen LogP contribution in [0.4, 0.5) is 4.39 Å². The van der Waals surface area contributed by atoms with E-state index >= 15 is 0 Å². The Morgan fingerprint density at radius 3 is 2.38 bits per heavy atom. The van der Waals surface area contributed by atoms with E-state index < -0.39 is 27.5 Å². The number of methoxy groups -OCH3 is 1. The van der Waals surface area contributed by atoms with Crippen LogP contribution in [0.15, 0.2) is 0 Å². The molecule has 3 fully saturated rings. The van der Waals surface area contributed by atoms with Crippen LogP contribution in [0, 0.1) is 23.2 Å². The van der Waals surface area contributed by atoms with Gasteiger partial charge in [-0.3, -0.25) is 0 Å². The van der Waals surface area contributed by atoms with Crippen LogP contribution in [0.1, 0.15) is 84.5 Å². The molecular weight excluding hydrogens is 391 g/mol. The second-order valence-electron chi connectivity index (χ2n) is 10.0. The van der Waals surface area contributed by atoms with Gasteiger partial charge in [-0.2, -0.15) is 0 Å². The number of alkyl halides is 1. The van der Waals surface area contributed by atoms with E-state index in [9.17, 15) is 17.9 Å². The van der Waals surface area contributed by atoms with Gasteiger partial charge in [0.25, 0.3) is 0 Å². The first-order valence-corrected chi connectivity index (χ1v) is 13.6. The molecule has 0 aromatic heterocycles. The number of fused-ring (bicyclic) bond motifs is 1. The standard InChI is InChI=1S/C23H41FO4S/c1-4-6-13-23(5-2)15-29(26,27)20-12-11-18(28-3)14-19(20)21(22(23)25)16-7-9-17(24)10-8-16/h16-22,25H,4-15H2,1-3H3/t16?,17?,18?,19?,20?,21-,22-,23+/m0/s1. The smallest absolute Gasteiger partial charge is 0.154 e. The molecule has 29 heavy (non-hydrogen) atoms. The lowest BCUT2D eigenvalue weighted by molar-refractivity contribution is -0.0777. The molecule has 0 aromatic carbocycles. The predicted molar refractivity (Wildman–Crippen MR) is 114 cm³/mol. The van der Waals surface area contributed by atoms with Crippen molar-refractivity contribution < 1.29 is 22.7 Å². The molecule has 1 heterocycles. The minimum atomic E-state index is -3.31. The Bertz CT molecular complexity index is 631. The maximum absolute atomic E-state index is 13.9. The number of hydrogen-bond donors (Lipinski definition) is 1. The molecule has 4 nitrogen and oxygen atoms in total. The van der Waals surface area contributed by atoms with E-state index in [1.54, 1.807) is 7.11 Å². The van der Waals surface area contributed by atoms with Crippen LogP contribution in [-0.2, 0) is 14.6 Å². The molecule has 0 amide bonds. The van der Waals surface area contributed by atoms with Gasteiger partial charge in [0.2, 0.25) is 0 Å². The molecule has 170 valence electrons. The topological polar surface area (TPSA) is 63.6 Å². The van der Waals surface area contributed by atoms with Crippen molar-refractivity contribution in [2.45, 2.75) is 108 Å². The SMILES string of the molecule is CCCC[C@]1(CC)CS(=O)(=O)C2CCC(OC)CC2[C@H](C2CCC(F)CC2)[C@@H]1O. The summed E-state index contributed by atoms with van der Waals surface area (Å²) in [7, 11) is -1.60. The van der Waals surface area contributed by atoms with E-state index in [-0.39, 0.29) is 34.9 Å². The molecule has 0 aromatic rings. The third-order valence-electron chi connectivity index (χ3n) is 8.53. The maximum atomic E-state index is 13.9. The molecule has 0 bridgehead atoms. The summed E-state index contributed by atoms with van der Waals surface area (Å²) in [6.45, 7) is 4.15. The van der Waals surface area contributed by atoms with E-state index in [4.69, 9.17) is 4.74 Å². The summed E-state index contributed by atoms with van der Waals surface area (Å²) in [5.41, 5.74) is -0.577. The first-order chi connectivity index (χ1) is 13.8. The van der Waals surface area contributed by atoms with Crippen LogP contribution in [0.25, 0.3) is 0 Å². The number of aliphatic hydroxyl groups excluding tert-OH is 1. The van der Waals surface area contributed by atoms with Crippen molar-refractivity contribution in [2.75, 3.05) is 12.9 Å². The molecule has 1 N–H and O–H groups in total. The zero-order valence-corrected chi connectivity index (χ0v) is 19.3. The van der Waals surface area contributed by atoms with Crippen molar-refractivity contribution in [3.63, 3.8) is 0 Å². The van der Waals surface area contributed by atoms with Crippen LogP contribution < -0.4 is 0 Å². The number of ether oxygens (including phenoxy) is 1. The Morgan fingerprint density at radius 2 is 1.79 bits per heavy atom. The average Bonchev–Trinajstić information content (AvgIpc) is 2.78. The van der Waals surface area contributed by atoms with Crippen molar-refractivity contribution in [3.8, 4) is 0 Å². The van der Waals surface area contributed by atoms with E-state index in [1.807, 2.05) is 6.92 Å². The summed E-state index contributed by atoms with van der Waals surface area (Å²) in [5.74, 6) is 0.163. The van der Waals surface area contributed by atoms with E-state index in [1.165, 1.54) is 0 Å². The Morgan fingerprint density at radius 1 is 1.10 bits per heavy atom. The molecule has 2 aliphatic carbocycles. The van der Waals surface area contributed by atoms with Crippen molar-refractivity contribution in [2.24, 2.45) is 23.2 Å². The van der Waals surface area contributed by atoms with Crippen LogP contribution in [0.5, 0.6) is 0 Å². The third-order valence-corrected chi connectivity index (χ3v) is 11.0. The molecule has 3 aliphatic rings. The van der Waals surface area contributed by atoms with Gasteiger partial charge in [0.15, 0.2) is 9.84 Å². The maximum Gasteiger partial charge on any atom is 0.154 e. The molecular formula is C23H41FO4S. The average molecular weight is 433 g/mol. The number of halogens is 1. The number of hydrogen-bond acceptors (Lipinski definition) is 4. The monoisotopic (exact) mass is 432 g/mol. The van der Waals surface area contributed by atoms with Crippen molar-refractivity contribution >= 4 is 9.84 Å². The molecule has 6 heteroatoms. The van der Waals surface area contributed by atoms with Crippen LogP contribution in [-0.4, -0.2) is 50.0 Å². The van der Waals surface area contributed by atoms with Gasteiger partial charge >= 0.3 is 0 Å². The predicted octanol–water partition coefficient (Wildman–Crippen LogP) is 4.69. The normalized spacial score (nSPS) is 45.3. The fourth-order valence-corrected chi connectivity index (χ4v) is 9.60. The first-order valence-electron chi connectivity index (χ1n) is 11.8. The lowest BCUT2D eigenvalue weighted by Gasteiger charge is -2.47. The minimum Gasteiger partial charge on any atom is -0.392 e. The van der Waals surface area contributed by atoms with Crippen molar-refractivity contribution in [3.05, 3.63) is 0 Å². The first kappa shape index (κ1) is 23.5. The Labute approximate surface area is 176 Å². The molecule has 1 aliphatic heterocycles. The number of unbranched alkanes of at least 4 members (excludes halogenated alkanes) is 1. The van der Waals surface area contributed by atoms with Gasteiger partial charge in [-0.1, -0.05) is 26.7 Å². The third kappa shape index (κ3) is 4.69. The Balaban J connectivity index is 2.03.